The minimum atomic E-state index is -0.487. The lowest BCUT2D eigenvalue weighted by Gasteiger charge is -2.10. The van der Waals surface area contributed by atoms with Gasteiger partial charge in [0, 0.05) is 17.7 Å². The highest BCUT2D eigenvalue weighted by Crippen LogP contribution is 2.29. The fourth-order valence-corrected chi connectivity index (χ4v) is 2.92. The van der Waals surface area contributed by atoms with Gasteiger partial charge < -0.3 is 4.42 Å². The summed E-state index contributed by atoms with van der Waals surface area (Å²) in [7, 11) is 0. The van der Waals surface area contributed by atoms with Crippen molar-refractivity contribution in [3.8, 4) is 0 Å². The Hall–Kier alpha value is -4.00. The van der Waals surface area contributed by atoms with Gasteiger partial charge in [-0.15, -0.1) is 0 Å². The van der Waals surface area contributed by atoms with E-state index in [2.05, 4.69) is 5.10 Å². The number of nitro benzene ring substituents is 1. The maximum atomic E-state index is 13.1. The molecule has 0 N–H and O–H groups in total. The van der Waals surface area contributed by atoms with E-state index < -0.39 is 4.92 Å². The number of carbonyl (C=O) groups is 1. The minimum Gasteiger partial charge on any atom is -0.462 e. The van der Waals surface area contributed by atoms with Crippen molar-refractivity contribution in [2.45, 2.75) is 6.92 Å². The smallest absolute Gasteiger partial charge is 0.281 e. The van der Waals surface area contributed by atoms with Crippen molar-refractivity contribution in [3.63, 3.8) is 0 Å². The number of rotatable bonds is 4. The van der Waals surface area contributed by atoms with Crippen molar-refractivity contribution in [2.75, 3.05) is 5.01 Å². The second-order valence-corrected chi connectivity index (χ2v) is 6.21. The van der Waals surface area contributed by atoms with Crippen LogP contribution in [0.5, 0.6) is 0 Å². The van der Waals surface area contributed by atoms with Crippen molar-refractivity contribution >= 4 is 29.1 Å². The van der Waals surface area contributed by atoms with E-state index in [0.29, 0.717) is 22.7 Å². The highest BCUT2D eigenvalue weighted by Gasteiger charge is 2.32. The van der Waals surface area contributed by atoms with Crippen LogP contribution < -0.4 is 5.01 Å². The van der Waals surface area contributed by atoms with Crippen LogP contribution in [-0.2, 0) is 4.79 Å². The molecular weight excluding hydrogens is 358 g/mol. The van der Waals surface area contributed by atoms with Gasteiger partial charge in [-0.1, -0.05) is 30.3 Å². The minimum absolute atomic E-state index is 0.0514. The van der Waals surface area contributed by atoms with Gasteiger partial charge in [0.15, 0.2) is 0 Å². The second kappa shape index (κ2) is 6.96. The van der Waals surface area contributed by atoms with Crippen LogP contribution in [0.3, 0.4) is 0 Å². The lowest BCUT2D eigenvalue weighted by atomic mass is 10.0. The lowest BCUT2D eigenvalue weighted by molar-refractivity contribution is -0.384. The van der Waals surface area contributed by atoms with Gasteiger partial charge in [-0.05, 0) is 37.3 Å². The van der Waals surface area contributed by atoms with Crippen molar-refractivity contribution < 1.29 is 14.1 Å². The quantitative estimate of drug-likeness (QED) is 0.387. The molecule has 7 heteroatoms. The van der Waals surface area contributed by atoms with Gasteiger partial charge in [0.05, 0.1) is 16.2 Å². The highest BCUT2D eigenvalue weighted by atomic mass is 16.6. The monoisotopic (exact) mass is 373 g/mol. The number of amides is 1. The molecule has 0 unspecified atom stereocenters. The topological polar surface area (TPSA) is 89.0 Å². The highest BCUT2D eigenvalue weighted by molar-refractivity contribution is 6.37. The molecule has 1 aromatic heterocycles. The summed E-state index contributed by atoms with van der Waals surface area (Å²) < 4.78 is 5.58. The first kappa shape index (κ1) is 17.4. The Morgan fingerprint density at radius 3 is 2.36 bits per heavy atom. The average molecular weight is 373 g/mol. The molecule has 2 heterocycles. The van der Waals surface area contributed by atoms with Crippen molar-refractivity contribution in [3.05, 3.63) is 99.5 Å². The Labute approximate surface area is 160 Å². The van der Waals surface area contributed by atoms with E-state index in [1.165, 1.54) is 29.3 Å². The summed E-state index contributed by atoms with van der Waals surface area (Å²) in [5, 5.41) is 16.6. The van der Waals surface area contributed by atoms with Gasteiger partial charge in [0.2, 0.25) is 0 Å². The molecule has 0 saturated carbocycles. The van der Waals surface area contributed by atoms with Crippen LogP contribution in [0.25, 0.3) is 6.08 Å². The SMILES string of the molecule is Cc1ccc(C=C2C(=O)N(c3ccc([N+](=O)[O-])cc3)N=C2c2ccccc2)o1. The summed E-state index contributed by atoms with van der Waals surface area (Å²) >= 11 is 0. The fraction of sp³-hybridized carbons (Fsp3) is 0.0476. The number of hydrogen-bond acceptors (Lipinski definition) is 5. The molecule has 2 aromatic carbocycles. The van der Waals surface area contributed by atoms with Gasteiger partial charge in [-0.2, -0.15) is 10.1 Å². The predicted octanol–water partition coefficient (Wildman–Crippen LogP) is 4.33. The third-order valence-corrected chi connectivity index (χ3v) is 4.28. The molecular formula is C21H15N3O4. The molecule has 0 fully saturated rings. The third kappa shape index (κ3) is 3.21. The number of non-ortho nitro benzene ring substituents is 1. The van der Waals surface area contributed by atoms with Crippen LogP contribution in [-0.4, -0.2) is 16.5 Å². The number of hydrazone groups is 1. The number of nitro groups is 1. The Bertz CT molecular complexity index is 1110. The molecule has 3 aromatic rings. The standard InChI is InChI=1S/C21H15N3O4/c1-14-7-12-18(28-14)13-19-20(15-5-3-2-4-6-15)22-23(21(19)25)16-8-10-17(11-9-16)24(26)27/h2-13H,1H3. The Morgan fingerprint density at radius 2 is 1.75 bits per heavy atom. The second-order valence-electron chi connectivity index (χ2n) is 6.21. The lowest BCUT2D eigenvalue weighted by Crippen LogP contribution is -2.21. The first-order valence-corrected chi connectivity index (χ1v) is 8.54. The Balaban J connectivity index is 1.78. The van der Waals surface area contributed by atoms with E-state index in [9.17, 15) is 14.9 Å². The summed E-state index contributed by atoms with van der Waals surface area (Å²) in [4.78, 5) is 23.5. The summed E-state index contributed by atoms with van der Waals surface area (Å²) in [6, 6.07) is 18.6. The Kier molecular flexibility index (Phi) is 4.33. The van der Waals surface area contributed by atoms with Gasteiger partial charge in [0.1, 0.15) is 17.2 Å². The summed E-state index contributed by atoms with van der Waals surface area (Å²) in [5.74, 6) is 0.958. The van der Waals surface area contributed by atoms with Crippen molar-refractivity contribution in [1.29, 1.82) is 0 Å². The molecule has 0 radical (unpaired) electrons. The number of anilines is 1. The van der Waals surface area contributed by atoms with Crippen LogP contribution in [0.4, 0.5) is 11.4 Å². The van der Waals surface area contributed by atoms with Crippen molar-refractivity contribution in [2.24, 2.45) is 5.10 Å². The number of carbonyl (C=O) groups excluding carboxylic acids is 1. The number of furan rings is 1. The van der Waals surface area contributed by atoms with Crippen molar-refractivity contribution in [1.82, 2.24) is 0 Å². The van der Waals surface area contributed by atoms with Crippen LogP contribution in [0.15, 0.2) is 81.8 Å². The van der Waals surface area contributed by atoms with Gasteiger partial charge in [-0.25, -0.2) is 0 Å². The first-order chi connectivity index (χ1) is 13.5. The molecule has 0 atom stereocenters. The normalized spacial score (nSPS) is 15.2. The predicted molar refractivity (Wildman–Crippen MR) is 105 cm³/mol. The maximum absolute atomic E-state index is 13.1. The van der Waals surface area contributed by atoms with E-state index in [0.717, 1.165) is 11.3 Å². The zero-order chi connectivity index (χ0) is 19.7. The fourth-order valence-electron chi connectivity index (χ4n) is 2.92. The Morgan fingerprint density at radius 1 is 1.04 bits per heavy atom. The largest absolute Gasteiger partial charge is 0.462 e. The number of aryl methyl sites for hydroxylation is 1. The molecule has 0 aliphatic carbocycles. The van der Waals surface area contributed by atoms with E-state index in [-0.39, 0.29) is 11.6 Å². The molecule has 0 bridgehead atoms. The van der Waals surface area contributed by atoms with E-state index in [1.54, 1.807) is 12.1 Å². The molecule has 28 heavy (non-hydrogen) atoms. The van der Waals surface area contributed by atoms with Gasteiger partial charge in [0.25, 0.3) is 11.6 Å². The van der Waals surface area contributed by atoms with Crippen LogP contribution in [0.2, 0.25) is 0 Å². The number of nitrogens with zero attached hydrogens (tertiary/aromatic N) is 3. The van der Waals surface area contributed by atoms with Crippen LogP contribution >= 0.6 is 0 Å². The molecule has 0 spiro atoms. The van der Waals surface area contributed by atoms with E-state index in [4.69, 9.17) is 4.42 Å². The molecule has 1 aliphatic heterocycles. The molecule has 0 saturated heterocycles. The van der Waals surface area contributed by atoms with Gasteiger partial charge >= 0.3 is 0 Å². The molecule has 138 valence electrons. The number of hydrogen-bond donors (Lipinski definition) is 0. The zero-order valence-corrected chi connectivity index (χ0v) is 14.9. The summed E-state index contributed by atoms with van der Waals surface area (Å²) in [6.07, 6.45) is 1.66. The molecule has 7 nitrogen and oxygen atoms in total. The first-order valence-electron chi connectivity index (χ1n) is 8.54. The average Bonchev–Trinajstić information content (AvgIpc) is 3.26. The zero-order valence-electron chi connectivity index (χ0n) is 14.9. The third-order valence-electron chi connectivity index (χ3n) is 4.28. The van der Waals surface area contributed by atoms with E-state index >= 15 is 0 Å². The van der Waals surface area contributed by atoms with E-state index in [1.807, 2.05) is 43.3 Å². The summed E-state index contributed by atoms with van der Waals surface area (Å²) in [6.45, 7) is 1.83. The number of benzene rings is 2. The summed E-state index contributed by atoms with van der Waals surface area (Å²) in [5.41, 5.74) is 2.08. The van der Waals surface area contributed by atoms with Gasteiger partial charge in [-0.3, -0.25) is 14.9 Å². The van der Waals surface area contributed by atoms with Crippen LogP contribution in [0, 0.1) is 17.0 Å². The van der Waals surface area contributed by atoms with Crippen LogP contribution in [0.1, 0.15) is 17.1 Å². The molecule has 4 rings (SSSR count). The maximum Gasteiger partial charge on any atom is 0.281 e. The molecule has 1 amide bonds. The molecule has 1 aliphatic rings.